The number of amides is 1. The Morgan fingerprint density at radius 1 is 1.47 bits per heavy atom. The van der Waals surface area contributed by atoms with Crippen molar-refractivity contribution in [3.63, 3.8) is 0 Å². The number of halogens is 3. The predicted molar refractivity (Wildman–Crippen MR) is 72.0 cm³/mol. The van der Waals surface area contributed by atoms with Crippen LogP contribution in [0.2, 0.25) is 0 Å². The Hall–Kier alpha value is -1.27. The minimum atomic E-state index is -0.900. The molecule has 0 spiro atoms. The molecule has 1 aromatic rings. The monoisotopic (exact) mass is 333 g/mol. The Bertz CT molecular complexity index is 457. The van der Waals surface area contributed by atoms with E-state index in [-0.39, 0.29) is 24.2 Å². The maximum atomic E-state index is 13.7. The summed E-state index contributed by atoms with van der Waals surface area (Å²) in [4.78, 5) is 13.4. The van der Waals surface area contributed by atoms with Crippen LogP contribution in [0.3, 0.4) is 0 Å². The maximum absolute atomic E-state index is 13.7. The van der Waals surface area contributed by atoms with Crippen molar-refractivity contribution in [2.45, 2.75) is 0 Å². The summed E-state index contributed by atoms with van der Waals surface area (Å²) in [6.07, 6.45) is 1.49. The van der Waals surface area contributed by atoms with Gasteiger partial charge in [0, 0.05) is 24.7 Å². The van der Waals surface area contributed by atoms with E-state index < -0.39 is 23.1 Å². The highest BCUT2D eigenvalue weighted by Gasteiger charge is 2.23. The van der Waals surface area contributed by atoms with Crippen LogP contribution >= 0.6 is 15.9 Å². The lowest BCUT2D eigenvalue weighted by atomic mass is 10.1. The summed E-state index contributed by atoms with van der Waals surface area (Å²) in [7, 11) is 1.48. The van der Waals surface area contributed by atoms with E-state index in [1.54, 1.807) is 0 Å². The van der Waals surface area contributed by atoms with Crippen molar-refractivity contribution in [1.82, 2.24) is 4.90 Å². The number of nitrogens with zero attached hydrogens (tertiary/aromatic N) is 1. The Kier molecular flexibility index (Phi) is 6.11. The van der Waals surface area contributed by atoms with Gasteiger partial charge in [-0.3, -0.25) is 4.79 Å². The Labute approximate surface area is 119 Å². The SMILES string of the molecule is C=CCN(CCOC)C(=O)c1c(F)cc(Br)cc1F. The molecule has 19 heavy (non-hydrogen) atoms. The second-order valence-electron chi connectivity index (χ2n) is 3.78. The van der Waals surface area contributed by atoms with Crippen LogP contribution in [-0.2, 0) is 4.74 Å². The zero-order valence-electron chi connectivity index (χ0n) is 10.5. The molecule has 0 aliphatic carbocycles. The molecular formula is C13H14BrF2NO2. The van der Waals surface area contributed by atoms with E-state index in [0.29, 0.717) is 0 Å². The Morgan fingerprint density at radius 2 is 2.05 bits per heavy atom. The van der Waals surface area contributed by atoms with Gasteiger partial charge < -0.3 is 9.64 Å². The summed E-state index contributed by atoms with van der Waals surface area (Å²) >= 11 is 2.96. The van der Waals surface area contributed by atoms with Gasteiger partial charge in [-0.05, 0) is 12.1 Å². The van der Waals surface area contributed by atoms with Crippen molar-refractivity contribution in [2.75, 3.05) is 26.8 Å². The van der Waals surface area contributed by atoms with Gasteiger partial charge >= 0.3 is 0 Å². The van der Waals surface area contributed by atoms with Gasteiger partial charge in [0.1, 0.15) is 17.2 Å². The fourth-order valence-corrected chi connectivity index (χ4v) is 1.94. The van der Waals surface area contributed by atoms with Gasteiger partial charge in [0.05, 0.1) is 6.61 Å². The number of ether oxygens (including phenoxy) is 1. The highest BCUT2D eigenvalue weighted by Crippen LogP contribution is 2.20. The number of rotatable bonds is 6. The minimum Gasteiger partial charge on any atom is -0.383 e. The Morgan fingerprint density at radius 3 is 2.53 bits per heavy atom. The fraction of sp³-hybridized carbons (Fsp3) is 0.308. The second-order valence-corrected chi connectivity index (χ2v) is 4.69. The van der Waals surface area contributed by atoms with Crippen molar-refractivity contribution < 1.29 is 18.3 Å². The van der Waals surface area contributed by atoms with E-state index in [0.717, 1.165) is 12.1 Å². The van der Waals surface area contributed by atoms with Crippen LogP contribution in [-0.4, -0.2) is 37.6 Å². The summed E-state index contributed by atoms with van der Waals surface area (Å²) < 4.78 is 32.5. The molecule has 6 heteroatoms. The molecule has 0 saturated carbocycles. The first kappa shape index (κ1) is 15.8. The summed E-state index contributed by atoms with van der Waals surface area (Å²) in [5, 5.41) is 0. The molecule has 0 atom stereocenters. The molecule has 0 heterocycles. The fourth-order valence-electron chi connectivity index (χ4n) is 1.54. The zero-order chi connectivity index (χ0) is 14.4. The van der Waals surface area contributed by atoms with Crippen LogP contribution in [0.25, 0.3) is 0 Å². The third-order valence-corrected chi connectivity index (χ3v) is 2.88. The largest absolute Gasteiger partial charge is 0.383 e. The Balaban J connectivity index is 3.05. The van der Waals surface area contributed by atoms with Gasteiger partial charge in [-0.25, -0.2) is 8.78 Å². The summed E-state index contributed by atoms with van der Waals surface area (Å²) in [5.74, 6) is -2.52. The molecule has 1 rings (SSSR count). The zero-order valence-corrected chi connectivity index (χ0v) is 12.0. The number of methoxy groups -OCH3 is 1. The molecule has 0 unspecified atom stereocenters. The number of hydrogen-bond donors (Lipinski definition) is 0. The van der Waals surface area contributed by atoms with E-state index in [9.17, 15) is 13.6 Å². The molecule has 0 aliphatic heterocycles. The van der Waals surface area contributed by atoms with Crippen LogP contribution < -0.4 is 0 Å². The van der Waals surface area contributed by atoms with Crippen LogP contribution in [0, 0.1) is 11.6 Å². The van der Waals surface area contributed by atoms with Crippen molar-refractivity contribution in [3.05, 3.63) is 46.5 Å². The molecule has 1 aromatic carbocycles. The van der Waals surface area contributed by atoms with Gasteiger partial charge in [-0.2, -0.15) is 0 Å². The average Bonchev–Trinajstić information content (AvgIpc) is 2.33. The van der Waals surface area contributed by atoms with E-state index in [1.807, 2.05) is 0 Å². The number of carbonyl (C=O) groups is 1. The number of hydrogen-bond acceptors (Lipinski definition) is 2. The van der Waals surface area contributed by atoms with Gasteiger partial charge in [-0.15, -0.1) is 6.58 Å². The van der Waals surface area contributed by atoms with Crippen LogP contribution in [0.5, 0.6) is 0 Å². The van der Waals surface area contributed by atoms with Crippen molar-refractivity contribution in [1.29, 1.82) is 0 Å². The highest BCUT2D eigenvalue weighted by molar-refractivity contribution is 9.10. The molecule has 0 radical (unpaired) electrons. The normalized spacial score (nSPS) is 10.3. The molecule has 0 aromatic heterocycles. The lowest BCUT2D eigenvalue weighted by Gasteiger charge is -2.21. The predicted octanol–water partition coefficient (Wildman–Crippen LogP) is 3.00. The van der Waals surface area contributed by atoms with E-state index >= 15 is 0 Å². The van der Waals surface area contributed by atoms with Crippen LogP contribution in [0.15, 0.2) is 29.3 Å². The third-order valence-electron chi connectivity index (χ3n) is 2.42. The van der Waals surface area contributed by atoms with Crippen molar-refractivity contribution >= 4 is 21.8 Å². The molecule has 0 saturated heterocycles. The summed E-state index contributed by atoms with van der Waals surface area (Å²) in [5.41, 5.74) is -0.568. The third kappa shape index (κ3) is 4.11. The first-order chi connectivity index (χ1) is 9.01. The molecule has 0 aliphatic rings. The number of benzene rings is 1. The summed E-state index contributed by atoms with van der Waals surface area (Å²) in [6.45, 7) is 4.22. The molecular weight excluding hydrogens is 320 g/mol. The molecule has 0 N–H and O–H groups in total. The van der Waals surface area contributed by atoms with Gasteiger partial charge in [-0.1, -0.05) is 22.0 Å². The van der Waals surface area contributed by atoms with Gasteiger partial charge in [0.2, 0.25) is 0 Å². The lowest BCUT2D eigenvalue weighted by Crippen LogP contribution is -2.35. The highest BCUT2D eigenvalue weighted by atomic mass is 79.9. The van der Waals surface area contributed by atoms with Crippen LogP contribution in [0.1, 0.15) is 10.4 Å². The standard InChI is InChI=1S/C13H14BrF2NO2/c1-3-4-17(5-6-19-2)13(18)12-10(15)7-9(14)8-11(12)16/h3,7-8H,1,4-6H2,2H3. The first-order valence-corrected chi connectivity index (χ1v) is 6.34. The van der Waals surface area contributed by atoms with Crippen molar-refractivity contribution in [2.24, 2.45) is 0 Å². The topological polar surface area (TPSA) is 29.5 Å². The van der Waals surface area contributed by atoms with E-state index in [4.69, 9.17) is 4.74 Å². The molecule has 0 bridgehead atoms. The minimum absolute atomic E-state index is 0.192. The maximum Gasteiger partial charge on any atom is 0.260 e. The van der Waals surface area contributed by atoms with E-state index in [1.165, 1.54) is 18.1 Å². The van der Waals surface area contributed by atoms with Crippen molar-refractivity contribution in [3.8, 4) is 0 Å². The molecule has 3 nitrogen and oxygen atoms in total. The quantitative estimate of drug-likeness (QED) is 0.749. The number of carbonyl (C=O) groups excluding carboxylic acids is 1. The smallest absolute Gasteiger partial charge is 0.260 e. The summed E-state index contributed by atoms with van der Waals surface area (Å²) in [6, 6.07) is 2.11. The van der Waals surface area contributed by atoms with Gasteiger partial charge in [0.15, 0.2) is 0 Å². The first-order valence-electron chi connectivity index (χ1n) is 5.55. The van der Waals surface area contributed by atoms with Gasteiger partial charge in [0.25, 0.3) is 5.91 Å². The molecule has 104 valence electrons. The van der Waals surface area contributed by atoms with Crippen LogP contribution in [0.4, 0.5) is 8.78 Å². The molecule has 0 fully saturated rings. The average molecular weight is 334 g/mol. The second kappa shape index (κ2) is 7.35. The molecule has 1 amide bonds. The van der Waals surface area contributed by atoms with E-state index in [2.05, 4.69) is 22.5 Å². The lowest BCUT2D eigenvalue weighted by molar-refractivity contribution is 0.0708.